The van der Waals surface area contributed by atoms with Gasteiger partial charge in [-0.1, -0.05) is 0 Å². The summed E-state index contributed by atoms with van der Waals surface area (Å²) in [5.74, 6) is 5.59. The number of rotatable bonds is 3. The highest BCUT2D eigenvalue weighted by molar-refractivity contribution is 5.40. The van der Waals surface area contributed by atoms with E-state index in [-0.39, 0.29) is 12.4 Å². The zero-order valence-corrected chi connectivity index (χ0v) is 8.36. The molecule has 0 amide bonds. The Labute approximate surface area is 82.8 Å². The molecular formula is C9H15N3O2. The number of hydrogen-bond acceptors (Lipinski definition) is 5. The Balaban J connectivity index is 3.14. The van der Waals surface area contributed by atoms with Crippen LogP contribution in [0.5, 0.6) is 5.75 Å². The molecule has 0 radical (unpaired) electrons. The maximum atomic E-state index is 9.70. The summed E-state index contributed by atoms with van der Waals surface area (Å²) < 4.78 is 0. The third-order valence-electron chi connectivity index (χ3n) is 2.01. The first-order chi connectivity index (χ1) is 6.56. The predicted octanol–water partition coefficient (Wildman–Crippen LogP) is -0.107. The number of aliphatic hydroxyl groups is 1. The van der Waals surface area contributed by atoms with Crippen molar-refractivity contribution in [3.8, 4) is 5.75 Å². The fraction of sp³-hybridized carbons (Fsp3) is 0.444. The van der Waals surface area contributed by atoms with Crippen LogP contribution in [0.15, 0.2) is 6.20 Å². The number of aromatic nitrogens is 1. The van der Waals surface area contributed by atoms with Crippen LogP contribution >= 0.6 is 0 Å². The second-order valence-electron chi connectivity index (χ2n) is 3.27. The van der Waals surface area contributed by atoms with Crippen LogP contribution in [0.4, 0.5) is 0 Å². The number of nitrogens with two attached hydrogens (primary N) is 1. The van der Waals surface area contributed by atoms with E-state index in [1.807, 2.05) is 0 Å². The molecule has 1 aromatic rings. The van der Waals surface area contributed by atoms with Gasteiger partial charge >= 0.3 is 0 Å². The van der Waals surface area contributed by atoms with E-state index >= 15 is 0 Å². The monoisotopic (exact) mass is 197 g/mol. The van der Waals surface area contributed by atoms with Crippen LogP contribution in [-0.2, 0) is 13.2 Å². The highest BCUT2D eigenvalue weighted by Crippen LogP contribution is 2.24. The van der Waals surface area contributed by atoms with Gasteiger partial charge in [-0.15, -0.1) is 0 Å². The molecule has 5 nitrogen and oxygen atoms in total. The Hall–Kier alpha value is -1.17. The van der Waals surface area contributed by atoms with E-state index < -0.39 is 0 Å². The van der Waals surface area contributed by atoms with Crippen LogP contribution in [-0.4, -0.2) is 27.3 Å². The third kappa shape index (κ3) is 2.20. The van der Waals surface area contributed by atoms with Gasteiger partial charge in [0.15, 0.2) is 0 Å². The molecule has 4 N–H and O–H groups in total. The van der Waals surface area contributed by atoms with E-state index in [4.69, 9.17) is 10.9 Å². The lowest BCUT2D eigenvalue weighted by Crippen LogP contribution is -2.26. The van der Waals surface area contributed by atoms with E-state index in [1.165, 1.54) is 5.01 Å². The van der Waals surface area contributed by atoms with E-state index in [0.29, 0.717) is 23.4 Å². The van der Waals surface area contributed by atoms with Gasteiger partial charge in [-0.25, -0.2) is 5.01 Å². The highest BCUT2D eigenvalue weighted by atomic mass is 16.3. The lowest BCUT2D eigenvalue weighted by Gasteiger charge is -2.15. The maximum absolute atomic E-state index is 9.70. The molecule has 0 atom stereocenters. The molecule has 0 saturated carbocycles. The van der Waals surface area contributed by atoms with Gasteiger partial charge in [0.2, 0.25) is 0 Å². The third-order valence-corrected chi connectivity index (χ3v) is 2.01. The summed E-state index contributed by atoms with van der Waals surface area (Å²) in [6.07, 6.45) is 1.55. The lowest BCUT2D eigenvalue weighted by atomic mass is 10.1. The van der Waals surface area contributed by atoms with Crippen LogP contribution in [0, 0.1) is 6.92 Å². The smallest absolute Gasteiger partial charge is 0.141 e. The van der Waals surface area contributed by atoms with Crippen LogP contribution in [0.3, 0.4) is 0 Å². The molecule has 0 fully saturated rings. The van der Waals surface area contributed by atoms with Crippen molar-refractivity contribution in [1.29, 1.82) is 0 Å². The molecule has 0 aromatic carbocycles. The Morgan fingerprint density at radius 1 is 1.57 bits per heavy atom. The zero-order valence-electron chi connectivity index (χ0n) is 8.36. The topological polar surface area (TPSA) is 82.6 Å². The van der Waals surface area contributed by atoms with Crippen LogP contribution in [0.1, 0.15) is 16.8 Å². The molecule has 5 heteroatoms. The average molecular weight is 197 g/mol. The minimum Gasteiger partial charge on any atom is -0.506 e. The van der Waals surface area contributed by atoms with Crippen LogP contribution in [0.2, 0.25) is 0 Å². The van der Waals surface area contributed by atoms with E-state index in [1.54, 1.807) is 20.2 Å². The molecule has 0 aliphatic carbocycles. The summed E-state index contributed by atoms with van der Waals surface area (Å²) in [5, 5.41) is 20.2. The molecule has 0 aliphatic rings. The minimum atomic E-state index is -0.149. The SMILES string of the molecule is Cc1ncc(CO)c(CN(C)N)c1O. The molecule has 0 spiro atoms. The minimum absolute atomic E-state index is 0.105. The van der Waals surface area contributed by atoms with Crippen molar-refractivity contribution in [2.75, 3.05) is 7.05 Å². The molecule has 14 heavy (non-hydrogen) atoms. The predicted molar refractivity (Wildman–Crippen MR) is 52.2 cm³/mol. The van der Waals surface area contributed by atoms with Gasteiger partial charge in [-0.2, -0.15) is 0 Å². The highest BCUT2D eigenvalue weighted by Gasteiger charge is 2.11. The van der Waals surface area contributed by atoms with Crippen LogP contribution < -0.4 is 5.84 Å². The fourth-order valence-corrected chi connectivity index (χ4v) is 1.25. The average Bonchev–Trinajstić information content (AvgIpc) is 2.13. The molecule has 1 heterocycles. The van der Waals surface area contributed by atoms with Crippen molar-refractivity contribution in [3.05, 3.63) is 23.0 Å². The number of hydrogen-bond donors (Lipinski definition) is 3. The first kappa shape index (κ1) is 10.9. The number of aryl methyl sites for hydroxylation is 1. The summed E-state index contributed by atoms with van der Waals surface area (Å²) in [6.45, 7) is 1.94. The van der Waals surface area contributed by atoms with Gasteiger partial charge in [0.05, 0.1) is 12.3 Å². The van der Waals surface area contributed by atoms with E-state index in [0.717, 1.165) is 0 Å². The van der Waals surface area contributed by atoms with Gasteiger partial charge in [0.25, 0.3) is 0 Å². The Morgan fingerprint density at radius 2 is 2.21 bits per heavy atom. The van der Waals surface area contributed by atoms with Crippen molar-refractivity contribution < 1.29 is 10.2 Å². The Kier molecular flexibility index (Phi) is 3.40. The standard InChI is InChI=1S/C9H15N3O2/c1-6-9(14)8(4-12(2)10)7(5-13)3-11-6/h3,13-14H,4-5,10H2,1-2H3. The first-order valence-electron chi connectivity index (χ1n) is 4.29. The molecular weight excluding hydrogens is 182 g/mol. The normalized spacial score (nSPS) is 10.9. The van der Waals surface area contributed by atoms with Crippen LogP contribution in [0.25, 0.3) is 0 Å². The van der Waals surface area contributed by atoms with Crippen molar-refractivity contribution in [2.45, 2.75) is 20.1 Å². The van der Waals surface area contributed by atoms with E-state index in [9.17, 15) is 5.11 Å². The van der Waals surface area contributed by atoms with Crippen molar-refractivity contribution in [2.24, 2.45) is 5.84 Å². The molecule has 0 aliphatic heterocycles. The van der Waals surface area contributed by atoms with Gasteiger partial charge in [-0.05, 0) is 6.92 Å². The van der Waals surface area contributed by atoms with Gasteiger partial charge in [0.1, 0.15) is 5.75 Å². The summed E-state index contributed by atoms with van der Waals surface area (Å²) in [5.41, 5.74) is 1.77. The quantitative estimate of drug-likeness (QED) is 0.465. The second kappa shape index (κ2) is 4.36. The number of nitrogens with zero attached hydrogens (tertiary/aromatic N) is 2. The van der Waals surface area contributed by atoms with Gasteiger partial charge < -0.3 is 10.2 Å². The molecule has 78 valence electrons. The number of pyridine rings is 1. The van der Waals surface area contributed by atoms with Gasteiger partial charge in [0, 0.05) is 30.9 Å². The van der Waals surface area contributed by atoms with E-state index in [2.05, 4.69) is 4.98 Å². The van der Waals surface area contributed by atoms with Crippen molar-refractivity contribution in [3.63, 3.8) is 0 Å². The number of aromatic hydroxyl groups is 1. The number of hydrazine groups is 1. The molecule has 0 saturated heterocycles. The summed E-state index contributed by atoms with van der Waals surface area (Å²) in [4.78, 5) is 3.95. The van der Waals surface area contributed by atoms with Crippen molar-refractivity contribution in [1.82, 2.24) is 9.99 Å². The summed E-state index contributed by atoms with van der Waals surface area (Å²) in [7, 11) is 1.69. The van der Waals surface area contributed by atoms with Crippen molar-refractivity contribution >= 4 is 0 Å². The second-order valence-corrected chi connectivity index (χ2v) is 3.27. The Bertz CT molecular complexity index is 326. The summed E-state index contributed by atoms with van der Waals surface area (Å²) >= 11 is 0. The first-order valence-corrected chi connectivity index (χ1v) is 4.29. The maximum Gasteiger partial charge on any atom is 0.141 e. The summed E-state index contributed by atoms with van der Waals surface area (Å²) in [6, 6.07) is 0. The zero-order chi connectivity index (χ0) is 10.7. The molecule has 1 rings (SSSR count). The molecule has 0 unspecified atom stereocenters. The lowest BCUT2D eigenvalue weighted by molar-refractivity contribution is 0.272. The number of aliphatic hydroxyl groups excluding tert-OH is 1. The van der Waals surface area contributed by atoms with Gasteiger partial charge in [-0.3, -0.25) is 10.8 Å². The molecule has 0 bridgehead atoms. The fourth-order valence-electron chi connectivity index (χ4n) is 1.25. The molecule has 1 aromatic heterocycles. The Morgan fingerprint density at radius 3 is 2.71 bits per heavy atom. The largest absolute Gasteiger partial charge is 0.506 e.